The van der Waals surface area contributed by atoms with Gasteiger partial charge in [-0.2, -0.15) is 0 Å². The number of hydrogen-bond acceptors (Lipinski definition) is 5. The third-order valence-corrected chi connectivity index (χ3v) is 3.28. The van der Waals surface area contributed by atoms with Gasteiger partial charge < -0.3 is 19.7 Å². The fourth-order valence-electron chi connectivity index (χ4n) is 2.37. The van der Waals surface area contributed by atoms with Gasteiger partial charge in [-0.15, -0.1) is 0 Å². The minimum absolute atomic E-state index is 0.320. The van der Waals surface area contributed by atoms with E-state index in [0.717, 1.165) is 12.8 Å². The SMILES string of the molecule is Cc1cc(NC(=O)[C@@H]2CCCC[C@H]2C(=O)[O-])no1. The van der Waals surface area contributed by atoms with Gasteiger partial charge in [0.05, 0.1) is 0 Å². The molecule has 1 N–H and O–H groups in total. The summed E-state index contributed by atoms with van der Waals surface area (Å²) < 4.78 is 4.83. The zero-order valence-corrected chi connectivity index (χ0v) is 10.1. The second-order valence-electron chi connectivity index (χ2n) is 4.63. The molecule has 1 amide bonds. The van der Waals surface area contributed by atoms with Gasteiger partial charge in [-0.3, -0.25) is 4.79 Å². The van der Waals surface area contributed by atoms with Crippen LogP contribution in [0.15, 0.2) is 10.6 Å². The molecule has 1 aliphatic carbocycles. The van der Waals surface area contributed by atoms with Crippen molar-refractivity contribution in [3.63, 3.8) is 0 Å². The maximum Gasteiger partial charge on any atom is 0.229 e. The summed E-state index contributed by atoms with van der Waals surface area (Å²) in [5.41, 5.74) is 0. The van der Waals surface area contributed by atoms with Crippen LogP contribution in [0.1, 0.15) is 31.4 Å². The Hall–Kier alpha value is -1.85. The first-order chi connectivity index (χ1) is 8.58. The Kier molecular flexibility index (Phi) is 3.64. The fourth-order valence-corrected chi connectivity index (χ4v) is 2.37. The molecule has 0 saturated heterocycles. The Morgan fingerprint density at radius 2 is 2.06 bits per heavy atom. The molecule has 1 fully saturated rings. The molecule has 2 rings (SSSR count). The van der Waals surface area contributed by atoms with E-state index < -0.39 is 17.8 Å². The van der Waals surface area contributed by atoms with Crippen LogP contribution < -0.4 is 10.4 Å². The first-order valence-electron chi connectivity index (χ1n) is 6.03. The molecule has 0 radical (unpaired) electrons. The Morgan fingerprint density at radius 1 is 1.39 bits per heavy atom. The molecular weight excluding hydrogens is 236 g/mol. The van der Waals surface area contributed by atoms with Gasteiger partial charge in [-0.1, -0.05) is 18.0 Å². The third-order valence-electron chi connectivity index (χ3n) is 3.28. The fraction of sp³-hybridized carbons (Fsp3) is 0.583. The van der Waals surface area contributed by atoms with Crippen molar-refractivity contribution in [2.75, 3.05) is 5.32 Å². The summed E-state index contributed by atoms with van der Waals surface area (Å²) in [5.74, 6) is -1.80. The predicted octanol–water partition coefficient (Wildman–Crippen LogP) is 0.478. The first kappa shape index (κ1) is 12.6. The number of aliphatic carboxylic acids is 1. The lowest BCUT2D eigenvalue weighted by molar-refractivity contribution is -0.313. The number of nitrogens with one attached hydrogen (secondary N) is 1. The van der Waals surface area contributed by atoms with Crippen LogP contribution in [0.3, 0.4) is 0 Å². The summed E-state index contributed by atoms with van der Waals surface area (Å²) >= 11 is 0. The van der Waals surface area contributed by atoms with Crippen molar-refractivity contribution < 1.29 is 19.2 Å². The summed E-state index contributed by atoms with van der Waals surface area (Å²) in [6.07, 6.45) is 2.75. The molecule has 6 heteroatoms. The number of rotatable bonds is 3. The maximum atomic E-state index is 12.0. The number of carbonyl (C=O) groups excluding carboxylic acids is 2. The molecule has 1 aromatic rings. The van der Waals surface area contributed by atoms with Gasteiger partial charge in [-0.25, -0.2) is 0 Å². The van der Waals surface area contributed by atoms with Crippen molar-refractivity contribution in [2.45, 2.75) is 32.6 Å². The molecule has 1 aliphatic rings. The number of carboxylic acids is 1. The van der Waals surface area contributed by atoms with E-state index in [-0.39, 0.29) is 5.91 Å². The molecule has 1 aromatic heterocycles. The molecule has 0 aliphatic heterocycles. The van der Waals surface area contributed by atoms with Gasteiger partial charge >= 0.3 is 0 Å². The largest absolute Gasteiger partial charge is 0.550 e. The number of carbonyl (C=O) groups is 2. The molecular formula is C12H15N2O4-. The molecule has 1 heterocycles. The Bertz CT molecular complexity index is 455. The number of nitrogens with zero attached hydrogens (tertiary/aromatic N) is 1. The quantitative estimate of drug-likeness (QED) is 0.842. The van der Waals surface area contributed by atoms with Gasteiger partial charge in [-0.05, 0) is 19.8 Å². The topological polar surface area (TPSA) is 95.3 Å². The maximum absolute atomic E-state index is 12.0. The van der Waals surface area contributed by atoms with E-state index in [1.807, 2.05) is 0 Å². The second kappa shape index (κ2) is 5.20. The Balaban J connectivity index is 2.04. The van der Waals surface area contributed by atoms with E-state index in [1.165, 1.54) is 0 Å². The molecule has 18 heavy (non-hydrogen) atoms. The minimum atomic E-state index is -1.15. The zero-order valence-electron chi connectivity index (χ0n) is 10.1. The van der Waals surface area contributed by atoms with Crippen LogP contribution in [0.2, 0.25) is 0 Å². The van der Waals surface area contributed by atoms with E-state index in [9.17, 15) is 14.7 Å². The Labute approximate surface area is 104 Å². The van der Waals surface area contributed by atoms with Crippen LogP contribution in [-0.4, -0.2) is 17.0 Å². The zero-order chi connectivity index (χ0) is 13.1. The highest BCUT2D eigenvalue weighted by Crippen LogP contribution is 2.30. The highest BCUT2D eigenvalue weighted by molar-refractivity contribution is 5.94. The van der Waals surface area contributed by atoms with Crippen LogP contribution in [0.25, 0.3) is 0 Å². The number of amides is 1. The van der Waals surface area contributed by atoms with Gasteiger partial charge in [0.15, 0.2) is 5.82 Å². The lowest BCUT2D eigenvalue weighted by Crippen LogP contribution is -2.42. The first-order valence-corrected chi connectivity index (χ1v) is 6.03. The van der Waals surface area contributed by atoms with Crippen LogP contribution in [0.4, 0.5) is 5.82 Å². The van der Waals surface area contributed by atoms with Gasteiger partial charge in [0.1, 0.15) is 5.76 Å². The summed E-state index contributed by atoms with van der Waals surface area (Å²) in [7, 11) is 0. The average molecular weight is 251 g/mol. The van der Waals surface area contributed by atoms with Crippen LogP contribution >= 0.6 is 0 Å². The molecule has 1 saturated carbocycles. The minimum Gasteiger partial charge on any atom is -0.550 e. The normalized spacial score (nSPS) is 23.6. The second-order valence-corrected chi connectivity index (χ2v) is 4.63. The number of anilines is 1. The molecule has 98 valence electrons. The van der Waals surface area contributed by atoms with E-state index in [2.05, 4.69) is 10.5 Å². The smallest absolute Gasteiger partial charge is 0.229 e. The van der Waals surface area contributed by atoms with E-state index in [1.54, 1.807) is 13.0 Å². The van der Waals surface area contributed by atoms with E-state index >= 15 is 0 Å². The van der Waals surface area contributed by atoms with E-state index in [0.29, 0.717) is 24.4 Å². The van der Waals surface area contributed by atoms with Crippen molar-refractivity contribution in [1.29, 1.82) is 0 Å². The number of aryl methyl sites for hydroxylation is 1. The molecule has 0 aromatic carbocycles. The van der Waals surface area contributed by atoms with Crippen molar-refractivity contribution in [1.82, 2.24) is 5.16 Å². The highest BCUT2D eigenvalue weighted by Gasteiger charge is 2.32. The van der Waals surface area contributed by atoms with E-state index in [4.69, 9.17) is 4.52 Å². The standard InChI is InChI=1S/C12H16N2O4/c1-7-6-10(14-18-7)13-11(15)8-4-2-3-5-9(8)12(16)17/h6,8-9H,2-5H2,1H3,(H,16,17)(H,13,14,15)/p-1/t8-,9-/m1/s1. The van der Waals surface area contributed by atoms with Crippen LogP contribution in [-0.2, 0) is 9.59 Å². The summed E-state index contributed by atoms with van der Waals surface area (Å²) in [5, 5.41) is 17.2. The number of aromatic nitrogens is 1. The van der Waals surface area contributed by atoms with Gasteiger partial charge in [0, 0.05) is 23.9 Å². The lowest BCUT2D eigenvalue weighted by Gasteiger charge is -2.30. The van der Waals surface area contributed by atoms with Crippen LogP contribution in [0.5, 0.6) is 0 Å². The van der Waals surface area contributed by atoms with Gasteiger partial charge in [0.2, 0.25) is 5.91 Å². The lowest BCUT2D eigenvalue weighted by atomic mass is 9.79. The molecule has 2 atom stereocenters. The predicted molar refractivity (Wildman–Crippen MR) is 60.3 cm³/mol. The number of carboxylic acid groups (broad SMARTS) is 1. The summed E-state index contributed by atoms with van der Waals surface area (Å²) in [6, 6.07) is 1.59. The molecule has 0 bridgehead atoms. The monoisotopic (exact) mass is 251 g/mol. The van der Waals surface area contributed by atoms with Crippen molar-refractivity contribution in [2.24, 2.45) is 11.8 Å². The average Bonchev–Trinajstić information content (AvgIpc) is 2.74. The number of hydrogen-bond donors (Lipinski definition) is 1. The van der Waals surface area contributed by atoms with Crippen molar-refractivity contribution >= 4 is 17.7 Å². The summed E-state index contributed by atoms with van der Waals surface area (Å²) in [6.45, 7) is 1.72. The van der Waals surface area contributed by atoms with Crippen LogP contribution in [0, 0.1) is 18.8 Å². The Morgan fingerprint density at radius 3 is 2.61 bits per heavy atom. The third kappa shape index (κ3) is 2.69. The molecule has 0 unspecified atom stereocenters. The van der Waals surface area contributed by atoms with Crippen molar-refractivity contribution in [3.05, 3.63) is 11.8 Å². The molecule has 0 spiro atoms. The molecule has 6 nitrogen and oxygen atoms in total. The highest BCUT2D eigenvalue weighted by atomic mass is 16.5. The summed E-state index contributed by atoms with van der Waals surface area (Å²) in [4.78, 5) is 23.0. The van der Waals surface area contributed by atoms with Gasteiger partial charge in [0.25, 0.3) is 0 Å². The van der Waals surface area contributed by atoms with Crippen molar-refractivity contribution in [3.8, 4) is 0 Å².